The van der Waals surface area contributed by atoms with Crippen LogP contribution >= 0.6 is 11.8 Å². The summed E-state index contributed by atoms with van der Waals surface area (Å²) >= 11 is 1.62. The molecule has 7 heteroatoms. The van der Waals surface area contributed by atoms with Gasteiger partial charge in [-0.05, 0) is 30.5 Å². The minimum atomic E-state index is -0.943. The summed E-state index contributed by atoms with van der Waals surface area (Å²) in [5.41, 5.74) is 0.676. The molecule has 0 radical (unpaired) electrons. The van der Waals surface area contributed by atoms with Crippen molar-refractivity contribution in [1.29, 1.82) is 0 Å². The van der Waals surface area contributed by atoms with Crippen LogP contribution in [0.4, 0.5) is 10.5 Å². The summed E-state index contributed by atoms with van der Waals surface area (Å²) < 4.78 is 5.18. The molecule has 0 bridgehead atoms. The molecule has 114 valence electrons. The Morgan fingerprint density at radius 1 is 1.33 bits per heavy atom. The number of amides is 2. The van der Waals surface area contributed by atoms with Crippen LogP contribution in [0.15, 0.2) is 29.2 Å². The van der Waals surface area contributed by atoms with Crippen molar-refractivity contribution in [3.8, 4) is 0 Å². The molecule has 1 aliphatic rings. The van der Waals surface area contributed by atoms with Gasteiger partial charge >= 0.3 is 12.0 Å². The molecule has 1 saturated heterocycles. The summed E-state index contributed by atoms with van der Waals surface area (Å²) in [7, 11) is 1.58. The van der Waals surface area contributed by atoms with Crippen LogP contribution in [0.5, 0.6) is 0 Å². The third kappa shape index (κ3) is 3.68. The molecule has 2 rings (SSSR count). The number of carbonyl (C=O) groups is 2. The van der Waals surface area contributed by atoms with E-state index in [2.05, 4.69) is 5.32 Å². The molecule has 2 amide bonds. The molecule has 6 nitrogen and oxygen atoms in total. The van der Waals surface area contributed by atoms with Crippen molar-refractivity contribution in [3.05, 3.63) is 24.3 Å². The van der Waals surface area contributed by atoms with Gasteiger partial charge in [-0.3, -0.25) is 4.79 Å². The number of hydrogen-bond donors (Lipinski definition) is 2. The van der Waals surface area contributed by atoms with Crippen LogP contribution in [0.25, 0.3) is 0 Å². The topological polar surface area (TPSA) is 78.9 Å². The zero-order chi connectivity index (χ0) is 15.4. The molecule has 2 N–H and O–H groups in total. The van der Waals surface area contributed by atoms with E-state index in [0.29, 0.717) is 5.69 Å². The number of ether oxygens (including phenoxy) is 1. The monoisotopic (exact) mass is 310 g/mol. The third-order valence-corrected chi connectivity index (χ3v) is 4.27. The van der Waals surface area contributed by atoms with Gasteiger partial charge in [0, 0.05) is 17.6 Å². The van der Waals surface area contributed by atoms with Crippen LogP contribution in [0.1, 0.15) is 0 Å². The summed E-state index contributed by atoms with van der Waals surface area (Å²) in [5, 5.41) is 11.9. The van der Waals surface area contributed by atoms with Crippen molar-refractivity contribution in [2.24, 2.45) is 5.92 Å². The fourth-order valence-corrected chi connectivity index (χ4v) is 2.61. The van der Waals surface area contributed by atoms with Crippen LogP contribution in [-0.2, 0) is 9.53 Å². The van der Waals surface area contributed by atoms with Gasteiger partial charge in [-0.1, -0.05) is 0 Å². The fraction of sp³-hybridized carbons (Fsp3) is 0.429. The molecule has 0 saturated carbocycles. The Hall–Kier alpha value is -1.73. The number of urea groups is 1. The maximum Gasteiger partial charge on any atom is 0.321 e. The molecule has 1 fully saturated rings. The van der Waals surface area contributed by atoms with Gasteiger partial charge in [-0.2, -0.15) is 0 Å². The summed E-state index contributed by atoms with van der Waals surface area (Å²) in [6.07, 6.45) is 1.98. The van der Waals surface area contributed by atoms with E-state index in [1.165, 1.54) is 4.90 Å². The first kappa shape index (κ1) is 15.7. The molecule has 0 aromatic heterocycles. The number of carboxylic acid groups (broad SMARTS) is 1. The molecule has 1 aromatic carbocycles. The van der Waals surface area contributed by atoms with Gasteiger partial charge in [-0.15, -0.1) is 11.8 Å². The Morgan fingerprint density at radius 3 is 2.57 bits per heavy atom. The van der Waals surface area contributed by atoms with E-state index in [-0.39, 0.29) is 19.2 Å². The highest BCUT2D eigenvalue weighted by Gasteiger charge is 2.38. The van der Waals surface area contributed by atoms with Gasteiger partial charge in [0.05, 0.1) is 19.3 Å². The number of rotatable bonds is 4. The zero-order valence-electron chi connectivity index (χ0n) is 11.9. The molecular formula is C14H18N2O4S. The second kappa shape index (κ2) is 6.82. The van der Waals surface area contributed by atoms with Crippen molar-refractivity contribution in [2.45, 2.75) is 10.9 Å². The lowest BCUT2D eigenvalue weighted by Crippen LogP contribution is -2.45. The number of likely N-dealkylation sites (N-methyl/N-ethyl adjacent to an activating group) is 1. The zero-order valence-corrected chi connectivity index (χ0v) is 12.7. The number of thioether (sulfide) groups is 1. The van der Waals surface area contributed by atoms with Gasteiger partial charge < -0.3 is 20.1 Å². The van der Waals surface area contributed by atoms with E-state index < -0.39 is 17.9 Å². The van der Waals surface area contributed by atoms with Gasteiger partial charge in [0.2, 0.25) is 0 Å². The van der Waals surface area contributed by atoms with E-state index in [1.807, 2.05) is 30.5 Å². The number of aliphatic carboxylic acids is 1. The SMILES string of the molecule is CSc1ccc(NC(=O)N(C)C2COCC2C(=O)O)cc1. The Morgan fingerprint density at radius 2 is 2.00 bits per heavy atom. The predicted molar refractivity (Wildman–Crippen MR) is 80.7 cm³/mol. The Balaban J connectivity index is 2.00. The van der Waals surface area contributed by atoms with Crippen LogP contribution in [0.2, 0.25) is 0 Å². The van der Waals surface area contributed by atoms with Gasteiger partial charge in [0.25, 0.3) is 0 Å². The van der Waals surface area contributed by atoms with Crippen molar-refractivity contribution in [1.82, 2.24) is 4.90 Å². The van der Waals surface area contributed by atoms with E-state index in [4.69, 9.17) is 9.84 Å². The predicted octanol–water partition coefficient (Wildman–Crippen LogP) is 1.97. The Labute approximate surface area is 127 Å². The summed E-state index contributed by atoms with van der Waals surface area (Å²) in [6, 6.07) is 6.67. The summed E-state index contributed by atoms with van der Waals surface area (Å²) in [6.45, 7) is 0.381. The molecule has 21 heavy (non-hydrogen) atoms. The minimum Gasteiger partial charge on any atom is -0.481 e. The first-order valence-electron chi connectivity index (χ1n) is 6.51. The Bertz CT molecular complexity index is 520. The van der Waals surface area contributed by atoms with E-state index >= 15 is 0 Å². The van der Waals surface area contributed by atoms with Crippen LogP contribution in [-0.4, -0.2) is 54.6 Å². The number of anilines is 1. The van der Waals surface area contributed by atoms with Gasteiger partial charge in [0.15, 0.2) is 0 Å². The Kier molecular flexibility index (Phi) is 5.08. The molecule has 0 spiro atoms. The highest BCUT2D eigenvalue weighted by atomic mass is 32.2. The van der Waals surface area contributed by atoms with Crippen molar-refractivity contribution in [2.75, 3.05) is 31.8 Å². The number of nitrogens with zero attached hydrogens (tertiary/aromatic N) is 1. The number of nitrogens with one attached hydrogen (secondary N) is 1. The second-order valence-electron chi connectivity index (χ2n) is 4.82. The molecule has 2 atom stereocenters. The van der Waals surface area contributed by atoms with E-state index in [1.54, 1.807) is 18.8 Å². The molecule has 1 heterocycles. The molecule has 2 unspecified atom stereocenters. The second-order valence-corrected chi connectivity index (χ2v) is 5.70. The largest absolute Gasteiger partial charge is 0.481 e. The average Bonchev–Trinajstić information content (AvgIpc) is 2.96. The highest BCUT2D eigenvalue weighted by Crippen LogP contribution is 2.21. The fourth-order valence-electron chi connectivity index (χ4n) is 2.20. The molecule has 0 aliphatic carbocycles. The maximum atomic E-state index is 12.2. The lowest BCUT2D eigenvalue weighted by Gasteiger charge is -2.26. The first-order valence-corrected chi connectivity index (χ1v) is 7.74. The van der Waals surface area contributed by atoms with Crippen molar-refractivity contribution in [3.63, 3.8) is 0 Å². The average molecular weight is 310 g/mol. The van der Waals surface area contributed by atoms with Crippen LogP contribution in [0.3, 0.4) is 0 Å². The van der Waals surface area contributed by atoms with Gasteiger partial charge in [-0.25, -0.2) is 4.79 Å². The number of benzene rings is 1. The standard InChI is InChI=1S/C14H18N2O4S/c1-16(12-8-20-7-11(12)13(17)18)14(19)15-9-3-5-10(21-2)6-4-9/h3-6,11-12H,7-8H2,1-2H3,(H,15,19)(H,17,18). The smallest absolute Gasteiger partial charge is 0.321 e. The van der Waals surface area contributed by atoms with Gasteiger partial charge in [0.1, 0.15) is 5.92 Å². The van der Waals surface area contributed by atoms with Crippen molar-refractivity contribution < 1.29 is 19.4 Å². The minimum absolute atomic E-state index is 0.139. The molecule has 1 aromatic rings. The quantitative estimate of drug-likeness (QED) is 0.831. The van der Waals surface area contributed by atoms with Crippen molar-refractivity contribution >= 4 is 29.4 Å². The summed E-state index contributed by atoms with van der Waals surface area (Å²) in [4.78, 5) is 25.8. The van der Waals surface area contributed by atoms with E-state index in [9.17, 15) is 9.59 Å². The normalized spacial score (nSPS) is 21.0. The van der Waals surface area contributed by atoms with Crippen LogP contribution < -0.4 is 5.32 Å². The number of carboxylic acids is 1. The van der Waals surface area contributed by atoms with Crippen LogP contribution in [0, 0.1) is 5.92 Å². The third-order valence-electron chi connectivity index (χ3n) is 3.53. The number of carbonyl (C=O) groups excluding carboxylic acids is 1. The molecular weight excluding hydrogens is 292 g/mol. The lowest BCUT2D eigenvalue weighted by molar-refractivity contribution is -0.142. The van der Waals surface area contributed by atoms with E-state index in [0.717, 1.165) is 4.90 Å². The number of hydrogen-bond acceptors (Lipinski definition) is 4. The molecule has 1 aliphatic heterocycles. The lowest BCUT2D eigenvalue weighted by atomic mass is 10.0. The maximum absolute atomic E-state index is 12.2. The highest BCUT2D eigenvalue weighted by molar-refractivity contribution is 7.98. The first-order chi connectivity index (χ1) is 10.0. The summed E-state index contributed by atoms with van der Waals surface area (Å²) in [5.74, 6) is -1.62.